The number of nitrogens with one attached hydrogen (secondary N) is 2. The Morgan fingerprint density at radius 1 is 1.31 bits per heavy atom. The van der Waals surface area contributed by atoms with Gasteiger partial charge in [-0.25, -0.2) is 0 Å². The number of unbranched alkanes of at least 4 members (excludes halogenated alkanes) is 2. The van der Waals surface area contributed by atoms with Gasteiger partial charge in [0.2, 0.25) is 5.91 Å². The van der Waals surface area contributed by atoms with E-state index in [0.29, 0.717) is 12.1 Å². The monoisotopic (exact) mass is 226 g/mol. The van der Waals surface area contributed by atoms with Crippen LogP contribution in [0.1, 0.15) is 38.5 Å². The highest BCUT2D eigenvalue weighted by Gasteiger charge is 2.42. The molecular weight excluding hydrogens is 204 g/mol. The van der Waals surface area contributed by atoms with E-state index < -0.39 is 0 Å². The van der Waals surface area contributed by atoms with Crippen molar-refractivity contribution in [3.63, 3.8) is 0 Å². The van der Waals surface area contributed by atoms with Crippen molar-refractivity contribution >= 4 is 5.91 Å². The summed E-state index contributed by atoms with van der Waals surface area (Å²) in [6.07, 6.45) is 6.23. The number of aliphatic hydroxyl groups is 1. The van der Waals surface area contributed by atoms with E-state index in [-0.39, 0.29) is 18.4 Å². The second-order valence-electron chi connectivity index (χ2n) is 4.96. The van der Waals surface area contributed by atoms with Crippen molar-refractivity contribution < 1.29 is 9.90 Å². The molecule has 4 nitrogen and oxygen atoms in total. The molecule has 2 fully saturated rings. The zero-order chi connectivity index (χ0) is 11.4. The van der Waals surface area contributed by atoms with Crippen LogP contribution in [0, 0.1) is 5.92 Å². The van der Waals surface area contributed by atoms with Gasteiger partial charge in [0.1, 0.15) is 0 Å². The molecule has 2 aliphatic heterocycles. The van der Waals surface area contributed by atoms with Crippen molar-refractivity contribution in [3.8, 4) is 0 Å². The van der Waals surface area contributed by atoms with Crippen molar-refractivity contribution in [1.82, 2.24) is 10.6 Å². The lowest BCUT2D eigenvalue weighted by Gasteiger charge is -2.19. The summed E-state index contributed by atoms with van der Waals surface area (Å²) in [5, 5.41) is 15.1. The lowest BCUT2D eigenvalue weighted by Crippen LogP contribution is -2.37. The van der Waals surface area contributed by atoms with Gasteiger partial charge in [-0.3, -0.25) is 4.79 Å². The Bertz CT molecular complexity index is 245. The Kier molecular flexibility index (Phi) is 4.18. The van der Waals surface area contributed by atoms with Crippen LogP contribution in [0.5, 0.6) is 0 Å². The van der Waals surface area contributed by atoms with Crippen molar-refractivity contribution in [2.24, 2.45) is 5.92 Å². The molecule has 2 saturated heterocycles. The van der Waals surface area contributed by atoms with E-state index in [2.05, 4.69) is 10.6 Å². The molecule has 2 bridgehead atoms. The van der Waals surface area contributed by atoms with Gasteiger partial charge in [-0.05, 0) is 38.5 Å². The van der Waals surface area contributed by atoms with E-state index in [4.69, 9.17) is 5.11 Å². The first-order valence-corrected chi connectivity index (χ1v) is 6.46. The molecular formula is C12H22N2O2. The van der Waals surface area contributed by atoms with Crippen LogP contribution < -0.4 is 10.6 Å². The molecule has 0 aliphatic carbocycles. The highest BCUT2D eigenvalue weighted by atomic mass is 16.2. The van der Waals surface area contributed by atoms with Crippen molar-refractivity contribution in [3.05, 3.63) is 0 Å². The van der Waals surface area contributed by atoms with Gasteiger partial charge in [-0.15, -0.1) is 0 Å². The molecule has 3 N–H and O–H groups in total. The average molecular weight is 226 g/mol. The maximum Gasteiger partial charge on any atom is 0.224 e. The Balaban J connectivity index is 1.61. The second kappa shape index (κ2) is 5.64. The van der Waals surface area contributed by atoms with Gasteiger partial charge in [0.25, 0.3) is 0 Å². The summed E-state index contributed by atoms with van der Waals surface area (Å²) in [5.74, 6) is 0.431. The first-order chi connectivity index (χ1) is 7.81. The highest BCUT2D eigenvalue weighted by molar-refractivity contribution is 5.80. The quantitative estimate of drug-likeness (QED) is 0.575. The molecule has 0 aromatic heterocycles. The van der Waals surface area contributed by atoms with E-state index in [0.717, 1.165) is 38.6 Å². The molecule has 16 heavy (non-hydrogen) atoms. The molecule has 2 heterocycles. The first kappa shape index (κ1) is 11.9. The molecule has 3 atom stereocenters. The third kappa shape index (κ3) is 2.74. The zero-order valence-electron chi connectivity index (χ0n) is 9.74. The predicted octanol–water partition coefficient (Wildman–Crippen LogP) is 0.406. The van der Waals surface area contributed by atoms with E-state index in [1.54, 1.807) is 0 Å². The third-order valence-corrected chi connectivity index (χ3v) is 3.77. The minimum atomic E-state index is 0.205. The molecule has 4 heteroatoms. The van der Waals surface area contributed by atoms with Gasteiger partial charge in [-0.2, -0.15) is 0 Å². The Labute approximate surface area is 96.8 Å². The number of rotatable bonds is 6. The van der Waals surface area contributed by atoms with Crippen LogP contribution in [-0.4, -0.2) is 36.2 Å². The summed E-state index contributed by atoms with van der Waals surface area (Å²) in [4.78, 5) is 11.9. The summed E-state index contributed by atoms with van der Waals surface area (Å²) in [6, 6.07) is 1.03. The second-order valence-corrected chi connectivity index (χ2v) is 4.96. The smallest absolute Gasteiger partial charge is 0.224 e. The zero-order valence-corrected chi connectivity index (χ0v) is 9.74. The van der Waals surface area contributed by atoms with Crippen LogP contribution >= 0.6 is 0 Å². The van der Waals surface area contributed by atoms with Gasteiger partial charge in [-0.1, -0.05) is 0 Å². The molecule has 92 valence electrons. The topological polar surface area (TPSA) is 61.4 Å². The fourth-order valence-electron chi connectivity index (χ4n) is 2.87. The van der Waals surface area contributed by atoms with Gasteiger partial charge in [0.15, 0.2) is 0 Å². The SMILES string of the molecule is O=C(NCCCCCO)C1CC2CCC1N2. The van der Waals surface area contributed by atoms with Crippen molar-refractivity contribution in [2.75, 3.05) is 13.2 Å². The van der Waals surface area contributed by atoms with E-state index in [1.165, 1.54) is 6.42 Å². The number of carbonyl (C=O) groups excluding carboxylic acids is 1. The Morgan fingerprint density at radius 3 is 2.81 bits per heavy atom. The predicted molar refractivity (Wildman–Crippen MR) is 62.0 cm³/mol. The lowest BCUT2D eigenvalue weighted by molar-refractivity contribution is -0.125. The number of hydrogen-bond donors (Lipinski definition) is 3. The number of hydrogen-bond acceptors (Lipinski definition) is 3. The van der Waals surface area contributed by atoms with Crippen LogP contribution in [0.25, 0.3) is 0 Å². The number of amides is 1. The van der Waals surface area contributed by atoms with Crippen LogP contribution in [0.4, 0.5) is 0 Å². The van der Waals surface area contributed by atoms with Gasteiger partial charge in [0, 0.05) is 25.2 Å². The minimum Gasteiger partial charge on any atom is -0.396 e. The van der Waals surface area contributed by atoms with Crippen LogP contribution in [0.15, 0.2) is 0 Å². The van der Waals surface area contributed by atoms with E-state index >= 15 is 0 Å². The molecule has 0 aromatic carbocycles. The minimum absolute atomic E-state index is 0.205. The summed E-state index contributed by atoms with van der Waals surface area (Å²) in [6.45, 7) is 1.01. The molecule has 2 rings (SSSR count). The fourth-order valence-corrected chi connectivity index (χ4v) is 2.87. The van der Waals surface area contributed by atoms with Crippen LogP contribution in [-0.2, 0) is 4.79 Å². The fraction of sp³-hybridized carbons (Fsp3) is 0.917. The summed E-state index contributed by atoms with van der Waals surface area (Å²) >= 11 is 0. The molecule has 0 spiro atoms. The number of fused-ring (bicyclic) bond motifs is 2. The Hall–Kier alpha value is -0.610. The largest absolute Gasteiger partial charge is 0.396 e. The van der Waals surface area contributed by atoms with Crippen molar-refractivity contribution in [1.29, 1.82) is 0 Å². The number of carbonyl (C=O) groups is 1. The average Bonchev–Trinajstić information content (AvgIpc) is 2.90. The van der Waals surface area contributed by atoms with E-state index in [9.17, 15) is 4.79 Å². The van der Waals surface area contributed by atoms with E-state index in [1.807, 2.05) is 0 Å². The summed E-state index contributed by atoms with van der Waals surface area (Å²) < 4.78 is 0. The van der Waals surface area contributed by atoms with Crippen LogP contribution in [0.2, 0.25) is 0 Å². The highest BCUT2D eigenvalue weighted by Crippen LogP contribution is 2.33. The third-order valence-electron chi connectivity index (χ3n) is 3.77. The molecule has 0 radical (unpaired) electrons. The molecule has 2 aliphatic rings. The molecule has 0 saturated carbocycles. The number of aliphatic hydroxyl groups excluding tert-OH is 1. The Morgan fingerprint density at radius 2 is 2.19 bits per heavy atom. The van der Waals surface area contributed by atoms with Gasteiger partial charge < -0.3 is 15.7 Å². The first-order valence-electron chi connectivity index (χ1n) is 6.46. The maximum atomic E-state index is 11.9. The molecule has 1 amide bonds. The summed E-state index contributed by atoms with van der Waals surface area (Å²) in [5.41, 5.74) is 0. The summed E-state index contributed by atoms with van der Waals surface area (Å²) in [7, 11) is 0. The lowest BCUT2D eigenvalue weighted by atomic mass is 9.88. The van der Waals surface area contributed by atoms with Gasteiger partial charge >= 0.3 is 0 Å². The maximum absolute atomic E-state index is 11.9. The van der Waals surface area contributed by atoms with Crippen molar-refractivity contribution in [2.45, 2.75) is 50.6 Å². The standard InChI is InChI=1S/C12H22N2O2/c15-7-3-1-2-6-13-12(16)10-8-9-4-5-11(10)14-9/h9-11,14-15H,1-8H2,(H,13,16). The molecule has 0 aromatic rings. The van der Waals surface area contributed by atoms with Gasteiger partial charge in [0.05, 0.1) is 5.92 Å². The normalized spacial score (nSPS) is 31.9. The molecule has 3 unspecified atom stereocenters. The van der Waals surface area contributed by atoms with Crippen LogP contribution in [0.3, 0.4) is 0 Å².